The van der Waals surface area contributed by atoms with E-state index in [9.17, 15) is 14.8 Å². The molecule has 0 aliphatic heterocycles. The summed E-state index contributed by atoms with van der Waals surface area (Å²) in [5.74, 6) is 0.483. The number of methoxy groups -OCH3 is 1. The molecule has 0 rings (SSSR count). The van der Waals surface area contributed by atoms with E-state index in [-0.39, 0.29) is 25.2 Å². The van der Waals surface area contributed by atoms with Gasteiger partial charge >= 0.3 is 6.80 Å². The molecule has 0 bridgehead atoms. The fourth-order valence-corrected chi connectivity index (χ4v) is 5.31. The van der Waals surface area contributed by atoms with Gasteiger partial charge in [-0.15, -0.1) is 0 Å². The first kappa shape index (κ1) is 26.3. The summed E-state index contributed by atoms with van der Waals surface area (Å²) in [6.45, 7) is 3.70. The summed E-state index contributed by atoms with van der Waals surface area (Å²) >= 11 is 1.02. The van der Waals surface area contributed by atoms with Crippen molar-refractivity contribution in [2.45, 2.75) is 59.0 Å². The molecule has 0 aliphatic carbocycles. The van der Waals surface area contributed by atoms with Crippen molar-refractivity contribution >= 4 is 18.2 Å². The molecule has 0 radical (unpaired) electrons. The van der Waals surface area contributed by atoms with Crippen LogP contribution in [0.5, 0.6) is 0 Å². The Balaban J connectivity index is 4.38. The van der Waals surface area contributed by atoms with Crippen LogP contribution in [-0.4, -0.2) is 73.1 Å². The predicted octanol–water partition coefficient (Wildman–Crippen LogP) is 2.41. The van der Waals surface area contributed by atoms with E-state index in [2.05, 4.69) is 0 Å². The van der Waals surface area contributed by atoms with Crippen molar-refractivity contribution < 1.29 is 38.4 Å². The SMILES string of the molecule is COCC(OP(=O)(OCCO)SCCCCOC(O)C(C)(C)C)C(C)O. The molecule has 0 aromatic heterocycles. The van der Waals surface area contributed by atoms with Crippen LogP contribution in [0.15, 0.2) is 0 Å². The first-order chi connectivity index (χ1) is 12.1. The molecule has 26 heavy (non-hydrogen) atoms. The van der Waals surface area contributed by atoms with Crippen molar-refractivity contribution in [3.63, 3.8) is 0 Å². The van der Waals surface area contributed by atoms with Crippen molar-refractivity contribution in [2.75, 3.05) is 39.3 Å². The number of unbranched alkanes of at least 4 members (excludes halogenated alkanes) is 1. The zero-order valence-corrected chi connectivity index (χ0v) is 18.1. The quantitative estimate of drug-likeness (QED) is 0.209. The van der Waals surface area contributed by atoms with Crippen molar-refractivity contribution in [3.05, 3.63) is 0 Å². The average molecular weight is 418 g/mol. The minimum absolute atomic E-state index is 0.0727. The monoisotopic (exact) mass is 418 g/mol. The molecule has 158 valence electrons. The van der Waals surface area contributed by atoms with E-state index in [1.54, 1.807) is 0 Å². The van der Waals surface area contributed by atoms with E-state index in [4.69, 9.17) is 23.6 Å². The largest absolute Gasteiger partial charge is 0.394 e. The van der Waals surface area contributed by atoms with Crippen LogP contribution in [0.2, 0.25) is 0 Å². The van der Waals surface area contributed by atoms with Gasteiger partial charge in [0, 0.05) is 24.9 Å². The second-order valence-corrected chi connectivity index (χ2v) is 11.1. The molecular formula is C16H35O8PS. The highest BCUT2D eigenvalue weighted by molar-refractivity contribution is 8.55. The normalized spacial score (nSPS) is 18.3. The van der Waals surface area contributed by atoms with Crippen LogP contribution in [0.4, 0.5) is 0 Å². The number of ether oxygens (including phenoxy) is 2. The lowest BCUT2D eigenvalue weighted by Gasteiger charge is -2.26. The summed E-state index contributed by atoms with van der Waals surface area (Å²) in [6, 6.07) is 0. The zero-order chi connectivity index (χ0) is 20.2. The van der Waals surface area contributed by atoms with Crippen molar-refractivity contribution in [1.29, 1.82) is 0 Å². The first-order valence-electron chi connectivity index (χ1n) is 8.70. The van der Waals surface area contributed by atoms with Crippen LogP contribution in [0.3, 0.4) is 0 Å². The number of hydrogen-bond donors (Lipinski definition) is 3. The Morgan fingerprint density at radius 1 is 1.15 bits per heavy atom. The maximum Gasteiger partial charge on any atom is 0.389 e. The third-order valence-corrected chi connectivity index (χ3v) is 7.16. The van der Waals surface area contributed by atoms with Crippen molar-refractivity contribution in [1.82, 2.24) is 0 Å². The molecule has 3 N–H and O–H groups in total. The Hall–Kier alpha value is 0.300. The molecule has 0 saturated heterocycles. The maximum atomic E-state index is 12.8. The van der Waals surface area contributed by atoms with E-state index in [0.717, 1.165) is 11.4 Å². The molecular weight excluding hydrogens is 383 g/mol. The summed E-state index contributed by atoms with van der Waals surface area (Å²) in [5.41, 5.74) is -0.340. The number of rotatable bonds is 15. The molecule has 0 aliphatic rings. The Morgan fingerprint density at radius 2 is 1.81 bits per heavy atom. The smallest absolute Gasteiger partial charge is 0.389 e. The second kappa shape index (κ2) is 13.5. The molecule has 0 aromatic rings. The minimum atomic E-state index is -3.54. The highest BCUT2D eigenvalue weighted by Crippen LogP contribution is 2.61. The summed E-state index contributed by atoms with van der Waals surface area (Å²) in [5, 5.41) is 28.4. The molecule has 0 aromatic carbocycles. The molecule has 4 unspecified atom stereocenters. The fraction of sp³-hybridized carbons (Fsp3) is 1.00. The van der Waals surface area contributed by atoms with Crippen molar-refractivity contribution in [3.8, 4) is 0 Å². The Labute approximate surface area is 160 Å². The third-order valence-electron chi connectivity index (χ3n) is 3.28. The highest BCUT2D eigenvalue weighted by atomic mass is 32.7. The molecule has 0 spiro atoms. The van der Waals surface area contributed by atoms with Gasteiger partial charge in [0.15, 0.2) is 6.29 Å². The zero-order valence-electron chi connectivity index (χ0n) is 16.4. The standard InChI is InChI=1S/C16H35O8PS/c1-13(18)14(12-21-5)24-25(20,23-10-8-17)26-11-7-6-9-22-15(19)16(2,3)4/h13-15,17-19H,6-12H2,1-5H3. The predicted molar refractivity (Wildman–Crippen MR) is 102 cm³/mol. The molecule has 4 atom stereocenters. The van der Waals surface area contributed by atoms with Gasteiger partial charge in [0.1, 0.15) is 6.10 Å². The van der Waals surface area contributed by atoms with Crippen LogP contribution >= 0.6 is 18.2 Å². The van der Waals surface area contributed by atoms with Gasteiger partial charge < -0.3 is 24.8 Å². The fourth-order valence-electron chi connectivity index (χ4n) is 1.66. The highest BCUT2D eigenvalue weighted by Gasteiger charge is 2.32. The molecule has 8 nitrogen and oxygen atoms in total. The Bertz CT molecular complexity index is 402. The number of aliphatic hydroxyl groups excluding tert-OH is 3. The van der Waals surface area contributed by atoms with Gasteiger partial charge in [-0.05, 0) is 31.1 Å². The van der Waals surface area contributed by atoms with Gasteiger partial charge in [0.25, 0.3) is 0 Å². The number of hydrogen-bond acceptors (Lipinski definition) is 9. The molecule has 0 saturated carbocycles. The first-order valence-corrected chi connectivity index (χ1v) is 11.8. The van der Waals surface area contributed by atoms with Crippen LogP contribution in [0, 0.1) is 5.41 Å². The topological polar surface area (TPSA) is 115 Å². The molecule has 0 amide bonds. The van der Waals surface area contributed by atoms with Crippen LogP contribution in [-0.2, 0) is 23.1 Å². The summed E-state index contributed by atoms with van der Waals surface area (Å²) < 4.78 is 33.8. The maximum absolute atomic E-state index is 12.8. The third kappa shape index (κ3) is 11.9. The van der Waals surface area contributed by atoms with Crippen LogP contribution in [0.1, 0.15) is 40.5 Å². The molecule has 0 fully saturated rings. The van der Waals surface area contributed by atoms with Gasteiger partial charge in [-0.25, -0.2) is 4.57 Å². The van der Waals surface area contributed by atoms with Gasteiger partial charge in [-0.2, -0.15) is 0 Å². The lowest BCUT2D eigenvalue weighted by Crippen LogP contribution is -2.30. The van der Waals surface area contributed by atoms with E-state index < -0.39 is 25.3 Å². The average Bonchev–Trinajstić information content (AvgIpc) is 2.54. The van der Waals surface area contributed by atoms with Crippen molar-refractivity contribution in [2.24, 2.45) is 5.41 Å². The van der Waals surface area contributed by atoms with Gasteiger partial charge in [0.05, 0.1) is 25.9 Å². The van der Waals surface area contributed by atoms with Gasteiger partial charge in [-0.1, -0.05) is 20.8 Å². The van der Waals surface area contributed by atoms with E-state index in [0.29, 0.717) is 25.2 Å². The lowest BCUT2D eigenvalue weighted by molar-refractivity contribution is -0.159. The van der Waals surface area contributed by atoms with E-state index in [1.807, 2.05) is 20.8 Å². The summed E-state index contributed by atoms with van der Waals surface area (Å²) in [4.78, 5) is 0. The van der Waals surface area contributed by atoms with Crippen LogP contribution < -0.4 is 0 Å². The van der Waals surface area contributed by atoms with E-state index >= 15 is 0 Å². The lowest BCUT2D eigenvalue weighted by atomic mass is 9.96. The minimum Gasteiger partial charge on any atom is -0.394 e. The van der Waals surface area contributed by atoms with Gasteiger partial charge in [0.2, 0.25) is 0 Å². The molecule has 0 heterocycles. The Kier molecular flexibility index (Phi) is 13.6. The van der Waals surface area contributed by atoms with Gasteiger partial charge in [-0.3, -0.25) is 9.05 Å². The summed E-state index contributed by atoms with van der Waals surface area (Å²) in [6.07, 6.45) is -1.14. The second-order valence-electron chi connectivity index (χ2n) is 6.97. The van der Waals surface area contributed by atoms with Crippen LogP contribution in [0.25, 0.3) is 0 Å². The molecule has 10 heteroatoms. The van der Waals surface area contributed by atoms with E-state index in [1.165, 1.54) is 14.0 Å². The Morgan fingerprint density at radius 3 is 2.31 bits per heavy atom. The number of aliphatic hydroxyl groups is 3. The summed E-state index contributed by atoms with van der Waals surface area (Å²) in [7, 11) is 1.46.